The molecule has 1 N–H and O–H groups in total. The van der Waals surface area contributed by atoms with Gasteiger partial charge < -0.3 is 10.0 Å². The first-order valence-electron chi connectivity index (χ1n) is 12.3. The van der Waals surface area contributed by atoms with Crippen molar-refractivity contribution in [1.82, 2.24) is 19.7 Å². The van der Waals surface area contributed by atoms with Crippen molar-refractivity contribution < 1.29 is 5.11 Å². The first-order valence-corrected chi connectivity index (χ1v) is 12.3. The number of para-hydroxylation sites is 1. The van der Waals surface area contributed by atoms with Gasteiger partial charge in [-0.2, -0.15) is 5.10 Å². The van der Waals surface area contributed by atoms with Crippen molar-refractivity contribution >= 4 is 33.3 Å². The van der Waals surface area contributed by atoms with E-state index in [9.17, 15) is 5.11 Å². The first-order chi connectivity index (χ1) is 18.0. The number of rotatable bonds is 5. The van der Waals surface area contributed by atoms with Crippen molar-refractivity contribution in [2.45, 2.75) is 20.3 Å². The topological polar surface area (TPSA) is 67.1 Å². The maximum Gasteiger partial charge on any atom is 0.163 e. The number of phenols is 1. The van der Waals surface area contributed by atoms with Gasteiger partial charge in [0.05, 0.1) is 16.7 Å². The smallest absolute Gasteiger partial charge is 0.163 e. The average molecular weight is 486 g/mol. The summed E-state index contributed by atoms with van der Waals surface area (Å²) in [6.45, 7) is 4.12. The van der Waals surface area contributed by atoms with Gasteiger partial charge in [0.1, 0.15) is 12.1 Å². The Kier molecular flexibility index (Phi) is 5.57. The second kappa shape index (κ2) is 9.06. The summed E-state index contributed by atoms with van der Waals surface area (Å²) in [5.41, 5.74) is 8.26. The van der Waals surface area contributed by atoms with Gasteiger partial charge in [-0.25, -0.2) is 4.98 Å². The van der Waals surface area contributed by atoms with Crippen molar-refractivity contribution in [3.63, 3.8) is 0 Å². The lowest BCUT2D eigenvalue weighted by Gasteiger charge is -2.21. The van der Waals surface area contributed by atoms with Crippen LogP contribution >= 0.6 is 0 Å². The van der Waals surface area contributed by atoms with Crippen LogP contribution in [0.25, 0.3) is 27.5 Å². The standard InChI is InChI=1S/C31H27N5O/c1-20-8-7-11-26-27(17-22-12-14-25(37)16-21(22)2)33-34-31(30(20)26)35(3)24-13-15-29-28(18-24)32-19-36(29)23-9-5-4-6-10-23/h4-16,18-19,37H,17H2,1-3H3. The van der Waals surface area contributed by atoms with E-state index in [4.69, 9.17) is 5.10 Å². The Morgan fingerprint density at radius 3 is 2.49 bits per heavy atom. The molecule has 0 aliphatic heterocycles. The van der Waals surface area contributed by atoms with E-state index >= 15 is 0 Å². The van der Waals surface area contributed by atoms with Gasteiger partial charge in [0.15, 0.2) is 5.82 Å². The third kappa shape index (κ3) is 4.06. The van der Waals surface area contributed by atoms with Gasteiger partial charge in [0.2, 0.25) is 0 Å². The molecule has 0 aliphatic carbocycles. The summed E-state index contributed by atoms with van der Waals surface area (Å²) >= 11 is 0. The first kappa shape index (κ1) is 22.7. The second-order valence-corrected chi connectivity index (χ2v) is 9.44. The van der Waals surface area contributed by atoms with Crippen LogP contribution in [0.2, 0.25) is 0 Å². The normalized spacial score (nSPS) is 11.3. The van der Waals surface area contributed by atoms with E-state index < -0.39 is 0 Å². The Balaban J connectivity index is 1.41. The fourth-order valence-electron chi connectivity index (χ4n) is 4.97. The highest BCUT2D eigenvalue weighted by Crippen LogP contribution is 2.34. The van der Waals surface area contributed by atoms with E-state index in [0.717, 1.165) is 61.4 Å². The van der Waals surface area contributed by atoms with Gasteiger partial charge in [0.25, 0.3) is 0 Å². The molecule has 0 saturated heterocycles. The van der Waals surface area contributed by atoms with Crippen molar-refractivity contribution in [1.29, 1.82) is 0 Å². The Morgan fingerprint density at radius 2 is 1.68 bits per heavy atom. The summed E-state index contributed by atoms with van der Waals surface area (Å²) in [5, 5.41) is 21.4. The zero-order valence-corrected chi connectivity index (χ0v) is 21.1. The minimum absolute atomic E-state index is 0.274. The van der Waals surface area contributed by atoms with Gasteiger partial charge in [0, 0.05) is 35.6 Å². The summed E-state index contributed by atoms with van der Waals surface area (Å²) in [7, 11) is 2.02. The molecule has 0 atom stereocenters. The zero-order chi connectivity index (χ0) is 25.5. The largest absolute Gasteiger partial charge is 0.508 e. The van der Waals surface area contributed by atoms with E-state index in [1.54, 1.807) is 12.1 Å². The van der Waals surface area contributed by atoms with Gasteiger partial charge >= 0.3 is 0 Å². The lowest BCUT2D eigenvalue weighted by atomic mass is 9.98. The minimum Gasteiger partial charge on any atom is -0.508 e. The molecular weight excluding hydrogens is 458 g/mol. The number of aromatic hydroxyl groups is 1. The molecular formula is C31H27N5O. The van der Waals surface area contributed by atoms with Crippen LogP contribution in [0.1, 0.15) is 22.4 Å². The third-order valence-corrected chi connectivity index (χ3v) is 7.03. The van der Waals surface area contributed by atoms with E-state index in [1.807, 2.05) is 44.6 Å². The molecule has 0 amide bonds. The van der Waals surface area contributed by atoms with Crippen LogP contribution < -0.4 is 4.90 Å². The number of nitrogens with zero attached hydrogens (tertiary/aromatic N) is 5. The summed E-state index contributed by atoms with van der Waals surface area (Å²) in [6, 6.07) is 28.3. The van der Waals surface area contributed by atoms with Crippen LogP contribution in [0, 0.1) is 13.8 Å². The molecule has 4 aromatic carbocycles. The fourth-order valence-corrected chi connectivity index (χ4v) is 4.97. The predicted molar refractivity (Wildman–Crippen MR) is 149 cm³/mol. The van der Waals surface area contributed by atoms with Crippen LogP contribution in [-0.2, 0) is 6.42 Å². The van der Waals surface area contributed by atoms with E-state index in [0.29, 0.717) is 6.42 Å². The highest BCUT2D eigenvalue weighted by Gasteiger charge is 2.17. The monoisotopic (exact) mass is 485 g/mol. The van der Waals surface area contributed by atoms with Crippen molar-refractivity contribution in [2.24, 2.45) is 0 Å². The Hall–Kier alpha value is -4.71. The zero-order valence-electron chi connectivity index (χ0n) is 21.1. The maximum atomic E-state index is 9.80. The number of fused-ring (bicyclic) bond motifs is 2. The quantitative estimate of drug-likeness (QED) is 0.296. The van der Waals surface area contributed by atoms with Gasteiger partial charge in [-0.05, 0) is 73.0 Å². The molecule has 6 rings (SSSR count). The summed E-state index contributed by atoms with van der Waals surface area (Å²) < 4.78 is 2.10. The number of phenolic OH excluding ortho intramolecular Hbond substituents is 1. The number of aryl methyl sites for hydroxylation is 2. The molecule has 2 heterocycles. The molecule has 0 fully saturated rings. The Morgan fingerprint density at radius 1 is 0.838 bits per heavy atom. The molecule has 0 spiro atoms. The van der Waals surface area contributed by atoms with Crippen molar-refractivity contribution in [3.8, 4) is 11.4 Å². The van der Waals surface area contributed by atoms with Gasteiger partial charge in [-0.1, -0.05) is 42.5 Å². The molecule has 6 nitrogen and oxygen atoms in total. The van der Waals surface area contributed by atoms with Crippen molar-refractivity contribution in [2.75, 3.05) is 11.9 Å². The lowest BCUT2D eigenvalue weighted by Crippen LogP contribution is -2.14. The molecule has 0 unspecified atom stereocenters. The molecule has 6 aromatic rings. The Labute approximate surface area is 215 Å². The summed E-state index contributed by atoms with van der Waals surface area (Å²) in [4.78, 5) is 6.75. The molecule has 6 heteroatoms. The van der Waals surface area contributed by atoms with Crippen LogP contribution in [0.4, 0.5) is 11.5 Å². The number of hydrogen-bond acceptors (Lipinski definition) is 5. The molecule has 0 bridgehead atoms. The summed E-state index contributed by atoms with van der Waals surface area (Å²) in [6.07, 6.45) is 2.51. The number of hydrogen-bond donors (Lipinski definition) is 1. The van der Waals surface area contributed by atoms with Crippen LogP contribution in [0.3, 0.4) is 0 Å². The van der Waals surface area contributed by atoms with Gasteiger partial charge in [-0.15, -0.1) is 5.10 Å². The molecule has 0 saturated carbocycles. The van der Waals surface area contributed by atoms with E-state index in [2.05, 4.69) is 75.0 Å². The fraction of sp³-hybridized carbons (Fsp3) is 0.129. The molecule has 182 valence electrons. The van der Waals surface area contributed by atoms with Gasteiger partial charge in [-0.3, -0.25) is 4.57 Å². The molecule has 0 radical (unpaired) electrons. The maximum absolute atomic E-state index is 9.80. The summed E-state index contributed by atoms with van der Waals surface area (Å²) in [5.74, 6) is 1.08. The van der Waals surface area contributed by atoms with Crippen LogP contribution in [0.15, 0.2) is 91.3 Å². The lowest BCUT2D eigenvalue weighted by molar-refractivity contribution is 0.474. The predicted octanol–water partition coefficient (Wildman–Crippen LogP) is 6.65. The Bertz CT molecular complexity index is 1760. The van der Waals surface area contributed by atoms with Crippen LogP contribution in [0.5, 0.6) is 5.75 Å². The average Bonchev–Trinajstić information content (AvgIpc) is 3.34. The van der Waals surface area contributed by atoms with E-state index in [-0.39, 0.29) is 5.75 Å². The molecule has 2 aromatic heterocycles. The number of anilines is 2. The van der Waals surface area contributed by atoms with Crippen LogP contribution in [-0.4, -0.2) is 31.9 Å². The number of benzene rings is 4. The third-order valence-electron chi connectivity index (χ3n) is 7.03. The SMILES string of the molecule is Cc1cc(O)ccc1Cc1nnc(N(C)c2ccc3c(c2)ncn3-c2ccccc2)c2c(C)cccc12. The molecule has 0 aliphatic rings. The van der Waals surface area contributed by atoms with E-state index in [1.165, 1.54) is 0 Å². The number of imidazole rings is 1. The highest BCUT2D eigenvalue weighted by atomic mass is 16.3. The second-order valence-electron chi connectivity index (χ2n) is 9.44. The minimum atomic E-state index is 0.274. The molecule has 37 heavy (non-hydrogen) atoms. The highest BCUT2D eigenvalue weighted by molar-refractivity contribution is 5.98. The van der Waals surface area contributed by atoms with Crippen molar-refractivity contribution in [3.05, 3.63) is 114 Å². The number of aromatic nitrogens is 4.